The van der Waals surface area contributed by atoms with Crippen molar-refractivity contribution < 1.29 is 14.7 Å². The highest BCUT2D eigenvalue weighted by atomic mass is 16.4. The first kappa shape index (κ1) is 14.5. The number of benzene rings is 1. The molecule has 20 heavy (non-hydrogen) atoms. The van der Waals surface area contributed by atoms with Gasteiger partial charge in [0.15, 0.2) is 0 Å². The van der Waals surface area contributed by atoms with Gasteiger partial charge in [0.1, 0.15) is 0 Å². The molecule has 1 amide bonds. The molecule has 3 N–H and O–H groups in total. The highest BCUT2D eigenvalue weighted by Gasteiger charge is 2.36. The number of primary amides is 1. The van der Waals surface area contributed by atoms with Crippen LogP contribution in [0.3, 0.4) is 0 Å². The first-order valence-electron chi connectivity index (χ1n) is 6.75. The SMILES string of the molecule is CC1(C(=O)O)CCN(Cc2cccc(C(N)=O)c2)CC1. The number of carbonyl (C=O) groups excluding carboxylic acids is 1. The van der Waals surface area contributed by atoms with E-state index in [4.69, 9.17) is 5.73 Å². The number of nitrogens with zero attached hydrogens (tertiary/aromatic N) is 1. The summed E-state index contributed by atoms with van der Waals surface area (Å²) in [7, 11) is 0. The van der Waals surface area contributed by atoms with Crippen molar-refractivity contribution in [1.29, 1.82) is 0 Å². The third kappa shape index (κ3) is 3.17. The van der Waals surface area contributed by atoms with Gasteiger partial charge in [-0.3, -0.25) is 14.5 Å². The molecule has 1 fully saturated rings. The van der Waals surface area contributed by atoms with Gasteiger partial charge in [0.05, 0.1) is 5.41 Å². The van der Waals surface area contributed by atoms with E-state index in [0.717, 1.165) is 25.2 Å². The highest BCUT2D eigenvalue weighted by molar-refractivity contribution is 5.92. The van der Waals surface area contributed by atoms with Crippen LogP contribution >= 0.6 is 0 Å². The summed E-state index contributed by atoms with van der Waals surface area (Å²) < 4.78 is 0. The van der Waals surface area contributed by atoms with Crippen molar-refractivity contribution in [2.75, 3.05) is 13.1 Å². The summed E-state index contributed by atoms with van der Waals surface area (Å²) in [5, 5.41) is 9.20. The number of rotatable bonds is 4. The zero-order chi connectivity index (χ0) is 14.8. The molecule has 1 saturated heterocycles. The first-order valence-corrected chi connectivity index (χ1v) is 6.75. The van der Waals surface area contributed by atoms with Crippen LogP contribution in [-0.4, -0.2) is 35.0 Å². The zero-order valence-corrected chi connectivity index (χ0v) is 11.6. The largest absolute Gasteiger partial charge is 0.481 e. The molecule has 108 valence electrons. The van der Waals surface area contributed by atoms with Gasteiger partial charge in [-0.2, -0.15) is 0 Å². The number of hydrogen-bond acceptors (Lipinski definition) is 3. The number of amides is 1. The minimum Gasteiger partial charge on any atom is -0.481 e. The minimum absolute atomic E-state index is 0.427. The molecule has 0 bridgehead atoms. The molecule has 0 unspecified atom stereocenters. The molecule has 2 rings (SSSR count). The van der Waals surface area contributed by atoms with Gasteiger partial charge in [-0.25, -0.2) is 0 Å². The third-order valence-corrected chi connectivity index (χ3v) is 4.09. The number of carboxylic acid groups (broad SMARTS) is 1. The molecule has 0 radical (unpaired) electrons. The number of nitrogens with two attached hydrogens (primary N) is 1. The fourth-order valence-electron chi connectivity index (χ4n) is 2.50. The van der Waals surface area contributed by atoms with Gasteiger partial charge in [-0.05, 0) is 50.6 Å². The van der Waals surface area contributed by atoms with Gasteiger partial charge in [0, 0.05) is 12.1 Å². The molecule has 0 aliphatic carbocycles. The standard InChI is InChI=1S/C15H20N2O3/c1-15(14(19)20)5-7-17(8-6-15)10-11-3-2-4-12(9-11)13(16)18/h2-4,9H,5-8,10H2,1H3,(H2,16,18)(H,19,20). The average Bonchev–Trinajstić information content (AvgIpc) is 2.42. The Bertz CT molecular complexity index is 520. The van der Waals surface area contributed by atoms with Crippen molar-refractivity contribution in [2.45, 2.75) is 26.3 Å². The number of hydrogen-bond donors (Lipinski definition) is 2. The van der Waals surface area contributed by atoms with E-state index >= 15 is 0 Å². The van der Waals surface area contributed by atoms with E-state index in [-0.39, 0.29) is 0 Å². The molecule has 1 aromatic rings. The van der Waals surface area contributed by atoms with Gasteiger partial charge >= 0.3 is 5.97 Å². The lowest BCUT2D eigenvalue weighted by molar-refractivity contribution is -0.150. The van der Waals surface area contributed by atoms with Crippen molar-refractivity contribution in [3.8, 4) is 0 Å². The van der Waals surface area contributed by atoms with Crippen LogP contribution < -0.4 is 5.73 Å². The number of carbonyl (C=O) groups is 2. The summed E-state index contributed by atoms with van der Waals surface area (Å²) in [6, 6.07) is 7.27. The Morgan fingerprint density at radius 1 is 1.35 bits per heavy atom. The van der Waals surface area contributed by atoms with Crippen molar-refractivity contribution in [3.05, 3.63) is 35.4 Å². The van der Waals surface area contributed by atoms with Crippen molar-refractivity contribution in [3.63, 3.8) is 0 Å². The van der Waals surface area contributed by atoms with Gasteiger partial charge in [-0.1, -0.05) is 12.1 Å². The minimum atomic E-state index is -0.715. The number of likely N-dealkylation sites (tertiary alicyclic amines) is 1. The summed E-state index contributed by atoms with van der Waals surface area (Å²) in [4.78, 5) is 24.6. The van der Waals surface area contributed by atoms with Crippen molar-refractivity contribution in [2.24, 2.45) is 11.1 Å². The summed E-state index contributed by atoms with van der Waals surface area (Å²) in [6.07, 6.45) is 1.30. The smallest absolute Gasteiger partial charge is 0.309 e. The predicted molar refractivity (Wildman–Crippen MR) is 75.2 cm³/mol. The molecule has 1 aromatic carbocycles. The molecular weight excluding hydrogens is 256 g/mol. The maximum absolute atomic E-state index is 11.2. The topological polar surface area (TPSA) is 83.6 Å². The van der Waals surface area contributed by atoms with Crippen molar-refractivity contribution >= 4 is 11.9 Å². The number of aliphatic carboxylic acids is 1. The Balaban J connectivity index is 1.98. The van der Waals surface area contributed by atoms with Gasteiger partial charge in [-0.15, -0.1) is 0 Å². The lowest BCUT2D eigenvalue weighted by Crippen LogP contribution is -2.42. The van der Waals surface area contributed by atoms with Crippen LogP contribution in [0.15, 0.2) is 24.3 Å². The van der Waals surface area contributed by atoms with Gasteiger partial charge in [0.25, 0.3) is 0 Å². The zero-order valence-electron chi connectivity index (χ0n) is 11.6. The molecule has 5 nitrogen and oxygen atoms in total. The van der Waals surface area contributed by atoms with Crippen LogP contribution in [0, 0.1) is 5.41 Å². The molecule has 0 aromatic heterocycles. The van der Waals surface area contributed by atoms with Crippen LogP contribution in [0.5, 0.6) is 0 Å². The van der Waals surface area contributed by atoms with E-state index in [0.29, 0.717) is 18.4 Å². The van der Waals surface area contributed by atoms with E-state index in [1.807, 2.05) is 12.1 Å². The molecule has 0 saturated carbocycles. The summed E-state index contributed by atoms with van der Waals surface area (Å²) >= 11 is 0. The van der Waals surface area contributed by atoms with Crippen LogP contribution in [-0.2, 0) is 11.3 Å². The highest BCUT2D eigenvalue weighted by Crippen LogP contribution is 2.31. The molecule has 1 aliphatic heterocycles. The second kappa shape index (κ2) is 5.63. The maximum Gasteiger partial charge on any atom is 0.309 e. The maximum atomic E-state index is 11.2. The summed E-state index contributed by atoms with van der Waals surface area (Å²) in [6.45, 7) is 4.03. The van der Waals surface area contributed by atoms with Crippen molar-refractivity contribution in [1.82, 2.24) is 4.90 Å². The fourth-order valence-corrected chi connectivity index (χ4v) is 2.50. The Morgan fingerprint density at radius 3 is 2.55 bits per heavy atom. The molecule has 0 atom stereocenters. The summed E-state index contributed by atoms with van der Waals surface area (Å²) in [5.41, 5.74) is 6.20. The Kier molecular flexibility index (Phi) is 4.09. The van der Waals surface area contributed by atoms with Crippen LogP contribution in [0.4, 0.5) is 0 Å². The second-order valence-corrected chi connectivity index (χ2v) is 5.71. The lowest BCUT2D eigenvalue weighted by atomic mass is 9.80. The van der Waals surface area contributed by atoms with Crippen LogP contribution in [0.25, 0.3) is 0 Å². The normalized spacial score (nSPS) is 18.6. The monoisotopic (exact) mass is 276 g/mol. The molecule has 1 aliphatic rings. The lowest BCUT2D eigenvalue weighted by Gasteiger charge is -2.36. The van der Waals surface area contributed by atoms with E-state index in [1.54, 1.807) is 19.1 Å². The number of piperidine rings is 1. The predicted octanol–water partition coefficient (Wildman–Crippen LogP) is 1.47. The van der Waals surface area contributed by atoms with Gasteiger partial charge < -0.3 is 10.8 Å². The van der Waals surface area contributed by atoms with Crippen LogP contribution in [0.2, 0.25) is 0 Å². The van der Waals surface area contributed by atoms with Crippen LogP contribution in [0.1, 0.15) is 35.7 Å². The quantitative estimate of drug-likeness (QED) is 0.872. The Hall–Kier alpha value is -1.88. The van der Waals surface area contributed by atoms with E-state index in [1.165, 1.54) is 0 Å². The average molecular weight is 276 g/mol. The van der Waals surface area contributed by atoms with E-state index in [2.05, 4.69) is 4.90 Å². The molecule has 5 heteroatoms. The summed E-state index contributed by atoms with van der Waals surface area (Å²) in [5.74, 6) is -1.14. The first-order chi connectivity index (χ1) is 9.40. The second-order valence-electron chi connectivity index (χ2n) is 5.71. The number of carboxylic acids is 1. The van der Waals surface area contributed by atoms with E-state index in [9.17, 15) is 14.7 Å². The van der Waals surface area contributed by atoms with E-state index < -0.39 is 17.3 Å². The third-order valence-electron chi connectivity index (χ3n) is 4.09. The Morgan fingerprint density at radius 2 is 2.00 bits per heavy atom. The molecule has 1 heterocycles. The fraction of sp³-hybridized carbons (Fsp3) is 0.467. The Labute approximate surface area is 118 Å². The van der Waals surface area contributed by atoms with Gasteiger partial charge in [0.2, 0.25) is 5.91 Å². The molecule has 0 spiro atoms. The molecular formula is C15H20N2O3.